The third-order valence-electron chi connectivity index (χ3n) is 1.79. The summed E-state index contributed by atoms with van der Waals surface area (Å²) in [6.07, 6.45) is 2.78. The molecule has 0 radical (unpaired) electrons. The van der Waals surface area contributed by atoms with Gasteiger partial charge in [-0.05, 0) is 6.92 Å². The van der Waals surface area contributed by atoms with Crippen molar-refractivity contribution in [2.75, 3.05) is 6.61 Å². The number of hydroxylamine groups is 1. The van der Waals surface area contributed by atoms with Crippen molar-refractivity contribution in [1.29, 1.82) is 0 Å². The van der Waals surface area contributed by atoms with Gasteiger partial charge < -0.3 is 9.57 Å². The number of nitrogens with one attached hydrogen (secondary N) is 1. The topological polar surface area (TPSA) is 73.3 Å². The molecule has 0 saturated heterocycles. The third-order valence-corrected chi connectivity index (χ3v) is 2.08. The van der Waals surface area contributed by atoms with Gasteiger partial charge in [0.05, 0.1) is 24.0 Å². The van der Waals surface area contributed by atoms with Gasteiger partial charge in [-0.15, -0.1) is 0 Å². The number of hydrogen-bond donors (Lipinski definition) is 1. The van der Waals surface area contributed by atoms with E-state index < -0.39 is 5.97 Å². The van der Waals surface area contributed by atoms with E-state index in [4.69, 9.17) is 21.2 Å². The molecule has 2 heterocycles. The molecule has 84 valence electrons. The Bertz CT molecular complexity index is 461. The summed E-state index contributed by atoms with van der Waals surface area (Å²) in [6.45, 7) is 1.97. The number of hydrogen-bond acceptors (Lipinski definition) is 6. The van der Waals surface area contributed by atoms with Crippen LogP contribution in [0.25, 0.3) is 5.03 Å². The van der Waals surface area contributed by atoms with Crippen LogP contribution in [0.5, 0.6) is 5.75 Å². The van der Waals surface area contributed by atoms with Crippen molar-refractivity contribution in [2.45, 2.75) is 6.92 Å². The van der Waals surface area contributed by atoms with Crippen LogP contribution in [0.2, 0.25) is 0 Å². The van der Waals surface area contributed by atoms with E-state index in [1.807, 2.05) is 0 Å². The van der Waals surface area contributed by atoms with Gasteiger partial charge in [0.25, 0.3) is 0 Å². The first-order chi connectivity index (χ1) is 7.72. The molecule has 7 heteroatoms. The van der Waals surface area contributed by atoms with Crippen LogP contribution in [0, 0.1) is 0 Å². The second kappa shape index (κ2) is 4.36. The van der Waals surface area contributed by atoms with Crippen LogP contribution in [0.1, 0.15) is 23.2 Å². The molecule has 0 amide bonds. The lowest BCUT2D eigenvalue weighted by atomic mass is 10.3. The highest BCUT2D eigenvalue weighted by Crippen LogP contribution is 2.28. The summed E-state index contributed by atoms with van der Waals surface area (Å²) in [5, 5.41) is 0.342. The molecule has 0 aromatic carbocycles. The van der Waals surface area contributed by atoms with Crippen molar-refractivity contribution in [2.24, 2.45) is 0 Å². The van der Waals surface area contributed by atoms with Crippen LogP contribution in [-0.2, 0) is 4.74 Å². The van der Waals surface area contributed by atoms with Gasteiger partial charge in [-0.25, -0.2) is 20.2 Å². The highest BCUT2D eigenvalue weighted by atomic mass is 35.5. The number of ether oxygens (including phenoxy) is 1. The molecular weight excluding hydrogens is 234 g/mol. The summed E-state index contributed by atoms with van der Waals surface area (Å²) in [5.41, 5.74) is 2.83. The smallest absolute Gasteiger partial charge is 0.376 e. The predicted octanol–water partition coefficient (Wildman–Crippen LogP) is 1.09. The number of carbonyl (C=O) groups excluding carboxylic acids is 1. The molecule has 0 fully saturated rings. The molecule has 0 atom stereocenters. The second-order valence-corrected chi connectivity index (χ2v) is 3.25. The zero-order chi connectivity index (χ0) is 11.5. The maximum absolute atomic E-state index is 11.4. The second-order valence-electron chi connectivity index (χ2n) is 2.84. The first-order valence-corrected chi connectivity index (χ1v) is 4.92. The van der Waals surface area contributed by atoms with Gasteiger partial charge in [-0.1, -0.05) is 11.6 Å². The Morgan fingerprint density at radius 1 is 1.69 bits per heavy atom. The van der Waals surface area contributed by atoms with Gasteiger partial charge in [-0.2, -0.15) is 0 Å². The van der Waals surface area contributed by atoms with Gasteiger partial charge in [0.1, 0.15) is 5.69 Å². The monoisotopic (exact) mass is 241 g/mol. The summed E-state index contributed by atoms with van der Waals surface area (Å²) >= 11 is 5.88. The van der Waals surface area contributed by atoms with Gasteiger partial charge in [0.15, 0.2) is 0 Å². The summed E-state index contributed by atoms with van der Waals surface area (Å²) in [5.74, 6) is -0.272. The SMILES string of the molecule is CCOC(=O)c1ncc2c(n1)C(Cl)=CNO2. The number of aromatic nitrogens is 2. The number of carbonyl (C=O) groups is 1. The van der Waals surface area contributed by atoms with Crippen molar-refractivity contribution < 1.29 is 14.4 Å². The fraction of sp³-hybridized carbons (Fsp3) is 0.222. The van der Waals surface area contributed by atoms with Crippen LogP contribution in [0.15, 0.2) is 12.4 Å². The summed E-state index contributed by atoms with van der Waals surface area (Å²) < 4.78 is 4.77. The fourth-order valence-corrected chi connectivity index (χ4v) is 1.30. The van der Waals surface area contributed by atoms with Crippen molar-refractivity contribution in [3.63, 3.8) is 0 Å². The number of nitrogens with zero attached hydrogens (tertiary/aromatic N) is 2. The number of halogens is 1. The molecule has 2 rings (SSSR count). The Labute approximate surface area is 96.2 Å². The van der Waals surface area contributed by atoms with Crippen LogP contribution in [-0.4, -0.2) is 22.5 Å². The normalized spacial score (nSPS) is 13.0. The Kier molecular flexibility index (Phi) is 2.91. The largest absolute Gasteiger partial charge is 0.460 e. The van der Waals surface area contributed by atoms with E-state index in [-0.39, 0.29) is 12.4 Å². The lowest BCUT2D eigenvalue weighted by molar-refractivity contribution is 0.0511. The van der Waals surface area contributed by atoms with Crippen molar-refractivity contribution in [1.82, 2.24) is 15.4 Å². The zero-order valence-electron chi connectivity index (χ0n) is 8.36. The summed E-state index contributed by atoms with van der Waals surface area (Å²) in [6, 6.07) is 0. The van der Waals surface area contributed by atoms with Crippen molar-refractivity contribution in [3.05, 3.63) is 23.9 Å². The van der Waals surface area contributed by atoms with Gasteiger partial charge in [-0.3, -0.25) is 0 Å². The number of fused-ring (bicyclic) bond motifs is 1. The number of esters is 1. The highest BCUT2D eigenvalue weighted by molar-refractivity contribution is 6.48. The van der Waals surface area contributed by atoms with E-state index in [9.17, 15) is 4.79 Å². The Morgan fingerprint density at radius 2 is 2.50 bits per heavy atom. The highest BCUT2D eigenvalue weighted by Gasteiger charge is 2.19. The summed E-state index contributed by atoms with van der Waals surface area (Å²) in [7, 11) is 0. The minimum atomic E-state index is -0.590. The molecule has 1 aromatic heterocycles. The fourth-order valence-electron chi connectivity index (χ4n) is 1.12. The predicted molar refractivity (Wildman–Crippen MR) is 55.6 cm³/mol. The lowest BCUT2D eigenvalue weighted by Gasteiger charge is -2.14. The van der Waals surface area contributed by atoms with Gasteiger partial charge in [0, 0.05) is 0 Å². The Hall–Kier alpha value is -1.82. The average molecular weight is 242 g/mol. The maximum Gasteiger partial charge on any atom is 0.376 e. The van der Waals surface area contributed by atoms with Crippen LogP contribution in [0.4, 0.5) is 0 Å². The first-order valence-electron chi connectivity index (χ1n) is 4.55. The van der Waals surface area contributed by atoms with E-state index in [0.29, 0.717) is 16.5 Å². The summed E-state index contributed by atoms with van der Waals surface area (Å²) in [4.78, 5) is 24.1. The van der Waals surface area contributed by atoms with E-state index in [0.717, 1.165) is 0 Å². The van der Waals surface area contributed by atoms with Gasteiger partial charge in [0.2, 0.25) is 11.6 Å². The molecule has 0 spiro atoms. The standard InChI is InChI=1S/C9H8ClN3O3/c1-2-15-9(14)8-11-4-6-7(13-8)5(10)3-12-16-6/h3-4,12H,2H2,1H3. The first kappa shape index (κ1) is 10.7. The Balaban J connectivity index is 2.36. The molecular formula is C9H8ClN3O3. The van der Waals surface area contributed by atoms with E-state index in [2.05, 4.69) is 15.4 Å². The maximum atomic E-state index is 11.4. The number of rotatable bonds is 2. The molecule has 1 aromatic rings. The molecule has 16 heavy (non-hydrogen) atoms. The molecule has 0 bridgehead atoms. The average Bonchev–Trinajstić information content (AvgIpc) is 2.29. The molecule has 1 aliphatic rings. The third kappa shape index (κ3) is 1.92. The molecule has 0 unspecified atom stereocenters. The minimum Gasteiger partial charge on any atom is -0.460 e. The zero-order valence-corrected chi connectivity index (χ0v) is 9.11. The van der Waals surface area contributed by atoms with E-state index in [1.54, 1.807) is 6.92 Å². The quantitative estimate of drug-likeness (QED) is 0.782. The van der Waals surface area contributed by atoms with Crippen molar-refractivity contribution in [3.8, 4) is 5.75 Å². The lowest BCUT2D eigenvalue weighted by Crippen LogP contribution is -2.19. The van der Waals surface area contributed by atoms with E-state index in [1.165, 1.54) is 12.4 Å². The molecule has 1 aliphatic heterocycles. The van der Waals surface area contributed by atoms with Gasteiger partial charge >= 0.3 is 5.97 Å². The van der Waals surface area contributed by atoms with Crippen LogP contribution < -0.4 is 10.3 Å². The Morgan fingerprint density at radius 3 is 3.25 bits per heavy atom. The van der Waals surface area contributed by atoms with Crippen molar-refractivity contribution >= 4 is 22.6 Å². The van der Waals surface area contributed by atoms with Crippen LogP contribution in [0.3, 0.4) is 0 Å². The molecule has 0 aliphatic carbocycles. The molecule has 0 saturated carbocycles. The molecule has 1 N–H and O–H groups in total. The van der Waals surface area contributed by atoms with E-state index >= 15 is 0 Å². The molecule has 6 nitrogen and oxygen atoms in total. The minimum absolute atomic E-state index is 0.0438. The van der Waals surface area contributed by atoms with Crippen LogP contribution >= 0.6 is 11.6 Å².